The first-order chi connectivity index (χ1) is 7.24. The maximum atomic E-state index is 6.06. The minimum atomic E-state index is 0.240. The quantitative estimate of drug-likeness (QED) is 0.817. The fourth-order valence-electron chi connectivity index (χ4n) is 2.47. The van der Waals surface area contributed by atoms with Crippen molar-refractivity contribution in [1.29, 1.82) is 0 Å². The molecule has 2 nitrogen and oxygen atoms in total. The van der Waals surface area contributed by atoms with Crippen LogP contribution in [0.5, 0.6) is 0 Å². The van der Waals surface area contributed by atoms with Gasteiger partial charge in [0.15, 0.2) is 0 Å². The van der Waals surface area contributed by atoms with Crippen LogP contribution in [-0.2, 0) is 6.42 Å². The molecule has 1 aliphatic heterocycles. The van der Waals surface area contributed by atoms with E-state index in [2.05, 4.69) is 43.0 Å². The Hall–Kier alpha value is -1.02. The van der Waals surface area contributed by atoms with Crippen molar-refractivity contribution in [2.24, 2.45) is 5.73 Å². The van der Waals surface area contributed by atoms with Gasteiger partial charge in [0.25, 0.3) is 0 Å². The van der Waals surface area contributed by atoms with Gasteiger partial charge in [0.1, 0.15) is 0 Å². The molecule has 1 aromatic rings. The highest BCUT2D eigenvalue weighted by Gasteiger charge is 2.30. The third-order valence-corrected chi connectivity index (χ3v) is 3.20. The molecule has 82 valence electrons. The molecule has 0 aromatic heterocycles. The van der Waals surface area contributed by atoms with Crippen LogP contribution in [0, 0.1) is 0 Å². The molecule has 0 aliphatic carbocycles. The van der Waals surface area contributed by atoms with Gasteiger partial charge >= 0.3 is 0 Å². The van der Waals surface area contributed by atoms with E-state index in [4.69, 9.17) is 5.73 Å². The molecular formula is C13H20N2. The molecule has 15 heavy (non-hydrogen) atoms. The SMILES string of the molecule is CCCN1c2ccccc2CC1C(C)N. The fourth-order valence-corrected chi connectivity index (χ4v) is 2.47. The summed E-state index contributed by atoms with van der Waals surface area (Å²) < 4.78 is 0. The predicted molar refractivity (Wildman–Crippen MR) is 65.2 cm³/mol. The van der Waals surface area contributed by atoms with E-state index in [1.54, 1.807) is 0 Å². The molecule has 2 atom stereocenters. The van der Waals surface area contributed by atoms with E-state index >= 15 is 0 Å². The Morgan fingerprint density at radius 3 is 2.87 bits per heavy atom. The summed E-state index contributed by atoms with van der Waals surface area (Å²) in [4.78, 5) is 2.47. The zero-order valence-corrected chi connectivity index (χ0v) is 9.61. The second-order valence-corrected chi connectivity index (χ2v) is 4.45. The van der Waals surface area contributed by atoms with Crippen molar-refractivity contribution in [3.63, 3.8) is 0 Å². The lowest BCUT2D eigenvalue weighted by molar-refractivity contribution is 0.529. The van der Waals surface area contributed by atoms with Crippen molar-refractivity contribution in [2.45, 2.75) is 38.8 Å². The van der Waals surface area contributed by atoms with E-state index in [1.165, 1.54) is 17.7 Å². The molecule has 0 saturated heterocycles. The number of hydrogen-bond donors (Lipinski definition) is 1. The molecule has 0 saturated carbocycles. The summed E-state index contributed by atoms with van der Waals surface area (Å²) in [6.07, 6.45) is 2.28. The molecule has 0 spiro atoms. The van der Waals surface area contributed by atoms with Crippen LogP contribution in [0.3, 0.4) is 0 Å². The van der Waals surface area contributed by atoms with E-state index in [9.17, 15) is 0 Å². The summed E-state index contributed by atoms with van der Waals surface area (Å²) in [7, 11) is 0. The zero-order chi connectivity index (χ0) is 10.8. The molecule has 0 amide bonds. The smallest absolute Gasteiger partial charge is 0.0479 e. The van der Waals surface area contributed by atoms with Gasteiger partial charge in [-0.15, -0.1) is 0 Å². The van der Waals surface area contributed by atoms with Gasteiger partial charge < -0.3 is 10.6 Å². The molecule has 2 unspecified atom stereocenters. The highest BCUT2D eigenvalue weighted by Crippen LogP contribution is 2.32. The average molecular weight is 204 g/mol. The molecular weight excluding hydrogens is 184 g/mol. The second kappa shape index (κ2) is 4.23. The lowest BCUT2D eigenvalue weighted by atomic mass is 10.1. The monoisotopic (exact) mass is 204 g/mol. The van der Waals surface area contributed by atoms with Crippen LogP contribution in [0.4, 0.5) is 5.69 Å². The number of fused-ring (bicyclic) bond motifs is 1. The number of nitrogens with two attached hydrogens (primary N) is 1. The van der Waals surface area contributed by atoms with E-state index in [-0.39, 0.29) is 6.04 Å². The van der Waals surface area contributed by atoms with E-state index in [0.717, 1.165) is 13.0 Å². The summed E-state index contributed by atoms with van der Waals surface area (Å²) in [5.41, 5.74) is 8.90. The molecule has 2 rings (SSSR count). The summed E-state index contributed by atoms with van der Waals surface area (Å²) in [6, 6.07) is 9.40. The van der Waals surface area contributed by atoms with Crippen LogP contribution >= 0.6 is 0 Å². The topological polar surface area (TPSA) is 29.3 Å². The summed E-state index contributed by atoms with van der Waals surface area (Å²) in [5, 5.41) is 0. The van der Waals surface area contributed by atoms with Gasteiger partial charge in [0, 0.05) is 24.3 Å². The van der Waals surface area contributed by atoms with Crippen molar-refractivity contribution in [1.82, 2.24) is 0 Å². The molecule has 2 heteroatoms. The summed E-state index contributed by atoms with van der Waals surface area (Å²) >= 11 is 0. The Morgan fingerprint density at radius 2 is 2.20 bits per heavy atom. The van der Waals surface area contributed by atoms with E-state index in [0.29, 0.717) is 6.04 Å². The first-order valence-electron chi connectivity index (χ1n) is 5.84. The van der Waals surface area contributed by atoms with Crippen LogP contribution in [0.25, 0.3) is 0 Å². The minimum Gasteiger partial charge on any atom is -0.366 e. The lowest BCUT2D eigenvalue weighted by Gasteiger charge is -2.29. The van der Waals surface area contributed by atoms with Crippen LogP contribution in [0.2, 0.25) is 0 Å². The van der Waals surface area contributed by atoms with Crippen LogP contribution < -0.4 is 10.6 Å². The molecule has 1 aromatic carbocycles. The minimum absolute atomic E-state index is 0.240. The largest absolute Gasteiger partial charge is 0.366 e. The molecule has 0 bridgehead atoms. The summed E-state index contributed by atoms with van der Waals surface area (Å²) in [6.45, 7) is 5.45. The molecule has 0 radical (unpaired) electrons. The number of benzene rings is 1. The number of rotatable bonds is 3. The highest BCUT2D eigenvalue weighted by molar-refractivity contribution is 5.59. The number of nitrogens with zero attached hydrogens (tertiary/aromatic N) is 1. The number of anilines is 1. The molecule has 2 N–H and O–H groups in total. The van der Waals surface area contributed by atoms with Crippen molar-refractivity contribution in [3.05, 3.63) is 29.8 Å². The zero-order valence-electron chi connectivity index (χ0n) is 9.61. The third-order valence-electron chi connectivity index (χ3n) is 3.20. The first kappa shape index (κ1) is 10.5. The van der Waals surface area contributed by atoms with Crippen molar-refractivity contribution in [2.75, 3.05) is 11.4 Å². The molecule has 1 aliphatic rings. The first-order valence-corrected chi connectivity index (χ1v) is 5.84. The van der Waals surface area contributed by atoms with Gasteiger partial charge in [0.2, 0.25) is 0 Å². The average Bonchev–Trinajstić information content (AvgIpc) is 2.58. The van der Waals surface area contributed by atoms with Crippen molar-refractivity contribution < 1.29 is 0 Å². The van der Waals surface area contributed by atoms with E-state index in [1.807, 2.05) is 0 Å². The Kier molecular flexibility index (Phi) is 2.96. The molecule has 0 fully saturated rings. The van der Waals surface area contributed by atoms with Crippen LogP contribution in [0.15, 0.2) is 24.3 Å². The fraction of sp³-hybridized carbons (Fsp3) is 0.538. The maximum absolute atomic E-state index is 6.06. The normalized spacial score (nSPS) is 21.5. The van der Waals surface area contributed by atoms with Gasteiger partial charge in [-0.3, -0.25) is 0 Å². The maximum Gasteiger partial charge on any atom is 0.0479 e. The van der Waals surface area contributed by atoms with Gasteiger partial charge in [-0.05, 0) is 31.4 Å². The van der Waals surface area contributed by atoms with Gasteiger partial charge in [-0.2, -0.15) is 0 Å². The predicted octanol–water partition coefficient (Wildman–Crippen LogP) is 2.17. The Morgan fingerprint density at radius 1 is 1.47 bits per heavy atom. The van der Waals surface area contributed by atoms with Gasteiger partial charge in [-0.1, -0.05) is 25.1 Å². The Bertz CT molecular complexity index is 333. The van der Waals surface area contributed by atoms with E-state index < -0.39 is 0 Å². The van der Waals surface area contributed by atoms with Gasteiger partial charge in [-0.25, -0.2) is 0 Å². The van der Waals surface area contributed by atoms with Crippen molar-refractivity contribution in [3.8, 4) is 0 Å². The lowest BCUT2D eigenvalue weighted by Crippen LogP contribution is -2.44. The second-order valence-electron chi connectivity index (χ2n) is 4.45. The van der Waals surface area contributed by atoms with Crippen molar-refractivity contribution >= 4 is 5.69 Å². The third kappa shape index (κ3) is 1.86. The Labute approximate surface area is 92.1 Å². The summed E-state index contributed by atoms with van der Waals surface area (Å²) in [5.74, 6) is 0. The number of para-hydroxylation sites is 1. The van der Waals surface area contributed by atoms with Gasteiger partial charge in [0.05, 0.1) is 0 Å². The molecule has 1 heterocycles. The Balaban J connectivity index is 2.29. The van der Waals surface area contributed by atoms with Crippen LogP contribution in [0.1, 0.15) is 25.8 Å². The highest BCUT2D eigenvalue weighted by atomic mass is 15.2. The number of hydrogen-bond acceptors (Lipinski definition) is 2. The standard InChI is InChI=1S/C13H20N2/c1-3-8-15-12-7-5-4-6-11(12)9-13(15)10(2)14/h4-7,10,13H,3,8-9,14H2,1-2H3. The van der Waals surface area contributed by atoms with Crippen LogP contribution in [-0.4, -0.2) is 18.6 Å².